The van der Waals surface area contributed by atoms with Crippen LogP contribution in [0.25, 0.3) is 4.85 Å². The van der Waals surface area contributed by atoms with Gasteiger partial charge in [-0.3, -0.25) is 9.69 Å². The van der Waals surface area contributed by atoms with Crippen molar-refractivity contribution in [3.8, 4) is 6.07 Å². The summed E-state index contributed by atoms with van der Waals surface area (Å²) < 4.78 is 14.7. The molecule has 0 atom stereocenters. The first-order chi connectivity index (χ1) is 12.7. The fourth-order valence-electron chi connectivity index (χ4n) is 2.91. The average molecular weight is 399 g/mol. The molecule has 134 valence electrons. The van der Waals surface area contributed by atoms with Crippen LogP contribution in [0.5, 0.6) is 0 Å². The molecule has 1 saturated heterocycles. The molecule has 1 heterocycles. The Labute approximate surface area is 166 Å². The highest BCUT2D eigenvalue weighted by molar-refractivity contribution is 7.81. The van der Waals surface area contributed by atoms with Gasteiger partial charge in [0.25, 0.3) is 5.91 Å². The molecule has 1 aliphatic heterocycles. The highest BCUT2D eigenvalue weighted by Crippen LogP contribution is 2.40. The van der Waals surface area contributed by atoms with E-state index in [2.05, 4.69) is 4.85 Å². The topological polar surface area (TPSA) is 51.7 Å². The predicted molar refractivity (Wildman–Crippen MR) is 105 cm³/mol. The van der Waals surface area contributed by atoms with E-state index in [9.17, 15) is 9.18 Å². The van der Waals surface area contributed by atoms with Gasteiger partial charge in [0.15, 0.2) is 10.9 Å². The second-order valence-corrected chi connectivity index (χ2v) is 7.06. The van der Waals surface area contributed by atoms with Crippen LogP contribution in [0, 0.1) is 23.7 Å². The third-order valence-electron chi connectivity index (χ3n) is 4.33. The van der Waals surface area contributed by atoms with Crippen molar-refractivity contribution in [2.45, 2.75) is 19.4 Å². The molecule has 0 saturated carbocycles. The highest BCUT2D eigenvalue weighted by atomic mass is 35.5. The van der Waals surface area contributed by atoms with Gasteiger partial charge in [-0.05, 0) is 56.4 Å². The summed E-state index contributed by atoms with van der Waals surface area (Å²) in [5, 5.41) is 8.68. The first-order valence-electron chi connectivity index (χ1n) is 7.78. The largest absolute Gasteiger partial charge is 0.304 e. The summed E-state index contributed by atoms with van der Waals surface area (Å²) in [7, 11) is 0. The Morgan fingerprint density at radius 3 is 2.44 bits per heavy atom. The molecule has 1 amide bonds. The van der Waals surface area contributed by atoms with Crippen LogP contribution in [0.1, 0.15) is 19.4 Å². The minimum Gasteiger partial charge on any atom is -0.304 e. The summed E-state index contributed by atoms with van der Waals surface area (Å²) in [5.41, 5.74) is -0.158. The Bertz CT molecular complexity index is 1050. The van der Waals surface area contributed by atoms with Crippen LogP contribution < -0.4 is 9.80 Å². The molecule has 2 aromatic carbocycles. The molecule has 0 aliphatic carbocycles. The van der Waals surface area contributed by atoms with Gasteiger partial charge in [-0.2, -0.15) is 5.26 Å². The molecule has 0 aromatic heterocycles. The number of nitriles is 1. The zero-order valence-corrected chi connectivity index (χ0v) is 15.9. The predicted octanol–water partition coefficient (Wildman–Crippen LogP) is 4.82. The summed E-state index contributed by atoms with van der Waals surface area (Å²) >= 11 is 11.4. The fraction of sp³-hybridized carbons (Fsp3) is 0.158. The fourth-order valence-corrected chi connectivity index (χ4v) is 3.63. The van der Waals surface area contributed by atoms with E-state index >= 15 is 0 Å². The van der Waals surface area contributed by atoms with Crippen molar-refractivity contribution in [2.75, 3.05) is 9.80 Å². The van der Waals surface area contributed by atoms with Crippen LogP contribution in [0.3, 0.4) is 0 Å². The van der Waals surface area contributed by atoms with E-state index in [1.807, 2.05) is 6.07 Å². The van der Waals surface area contributed by atoms with Crippen molar-refractivity contribution in [2.24, 2.45) is 0 Å². The lowest BCUT2D eigenvalue weighted by Gasteiger charge is -2.29. The van der Waals surface area contributed by atoms with Crippen molar-refractivity contribution < 1.29 is 9.18 Å². The number of anilines is 2. The second kappa shape index (κ2) is 6.62. The maximum absolute atomic E-state index is 14.7. The Kier molecular flexibility index (Phi) is 4.61. The third-order valence-corrected chi connectivity index (χ3v) is 5.05. The van der Waals surface area contributed by atoms with Crippen LogP contribution >= 0.6 is 23.8 Å². The van der Waals surface area contributed by atoms with Gasteiger partial charge in [-0.15, -0.1) is 0 Å². The van der Waals surface area contributed by atoms with Crippen molar-refractivity contribution >= 4 is 51.9 Å². The van der Waals surface area contributed by atoms with E-state index in [0.717, 1.165) is 4.90 Å². The van der Waals surface area contributed by atoms with Crippen molar-refractivity contribution in [1.29, 1.82) is 5.26 Å². The van der Waals surface area contributed by atoms with Gasteiger partial charge >= 0.3 is 0 Å². The number of benzene rings is 2. The minimum absolute atomic E-state index is 0.0429. The van der Waals surface area contributed by atoms with Gasteiger partial charge in [-0.1, -0.05) is 17.7 Å². The minimum atomic E-state index is -1.08. The number of carbonyl (C=O) groups is 1. The maximum atomic E-state index is 14.7. The number of carbonyl (C=O) groups excluding carboxylic acids is 1. The third kappa shape index (κ3) is 2.82. The van der Waals surface area contributed by atoms with E-state index in [-0.39, 0.29) is 21.5 Å². The number of amides is 1. The molecule has 0 N–H and O–H groups in total. The lowest BCUT2D eigenvalue weighted by Crippen LogP contribution is -2.44. The molecular weight excluding hydrogens is 387 g/mol. The molecule has 0 unspecified atom stereocenters. The van der Waals surface area contributed by atoms with Crippen LogP contribution in [-0.2, 0) is 4.79 Å². The Balaban J connectivity index is 2.11. The average Bonchev–Trinajstić information content (AvgIpc) is 2.82. The van der Waals surface area contributed by atoms with E-state index in [0.29, 0.717) is 11.3 Å². The van der Waals surface area contributed by atoms with Gasteiger partial charge in [0.05, 0.1) is 28.9 Å². The molecule has 1 fully saturated rings. The molecule has 3 rings (SSSR count). The molecule has 1 aliphatic rings. The van der Waals surface area contributed by atoms with E-state index in [4.69, 9.17) is 35.7 Å². The van der Waals surface area contributed by atoms with Gasteiger partial charge in [-0.25, -0.2) is 9.24 Å². The zero-order valence-electron chi connectivity index (χ0n) is 14.3. The summed E-state index contributed by atoms with van der Waals surface area (Å²) in [5.74, 6) is -1.30. The van der Waals surface area contributed by atoms with Crippen molar-refractivity contribution in [3.05, 3.63) is 64.2 Å². The number of hydrogen-bond donors (Lipinski definition) is 0. The summed E-state index contributed by atoms with van der Waals surface area (Å²) in [6, 6.07) is 11.3. The number of hydrogen-bond acceptors (Lipinski definition) is 3. The first kappa shape index (κ1) is 18.8. The molecule has 0 bridgehead atoms. The molecule has 8 heteroatoms. The standard InChI is InChI=1S/C19H12ClFN4OS/c1-19(2)17(26)24(14-9-8-13(23-3)15(20)16(14)21)18(27)25(19)12-6-4-11(10-22)5-7-12/h4-9H,1-2H3. The summed E-state index contributed by atoms with van der Waals surface area (Å²) in [6.07, 6.45) is 0. The Hall–Kier alpha value is -3.00. The van der Waals surface area contributed by atoms with Crippen molar-refractivity contribution in [3.63, 3.8) is 0 Å². The van der Waals surface area contributed by atoms with E-state index in [1.54, 1.807) is 43.0 Å². The van der Waals surface area contributed by atoms with Gasteiger partial charge in [0.2, 0.25) is 5.69 Å². The van der Waals surface area contributed by atoms with Gasteiger partial charge < -0.3 is 4.90 Å². The Morgan fingerprint density at radius 2 is 1.89 bits per heavy atom. The monoisotopic (exact) mass is 398 g/mol. The van der Waals surface area contributed by atoms with E-state index in [1.165, 1.54) is 12.1 Å². The molecule has 2 aromatic rings. The quantitative estimate of drug-likeness (QED) is 0.537. The molecular formula is C19H12ClFN4OS. The molecule has 27 heavy (non-hydrogen) atoms. The highest BCUT2D eigenvalue weighted by Gasteiger charge is 2.51. The number of thiocarbonyl (C=S) groups is 1. The molecule has 0 spiro atoms. The second-order valence-electron chi connectivity index (χ2n) is 6.32. The number of rotatable bonds is 2. The normalized spacial score (nSPS) is 15.6. The number of halogens is 2. The summed E-state index contributed by atoms with van der Waals surface area (Å²) in [4.78, 5) is 18.9. The smallest absolute Gasteiger partial charge is 0.259 e. The van der Waals surface area contributed by atoms with Crippen LogP contribution in [-0.4, -0.2) is 16.6 Å². The SMILES string of the molecule is [C-]#[N+]c1ccc(N2C(=O)C(C)(C)N(c3ccc(C#N)cc3)C2=S)c(F)c1Cl. The van der Waals surface area contributed by atoms with Crippen LogP contribution in [0.2, 0.25) is 5.02 Å². The lowest BCUT2D eigenvalue weighted by atomic mass is 10.0. The van der Waals surface area contributed by atoms with Crippen LogP contribution in [0.15, 0.2) is 36.4 Å². The Morgan fingerprint density at radius 1 is 1.26 bits per heavy atom. The molecule has 5 nitrogen and oxygen atoms in total. The van der Waals surface area contributed by atoms with E-state index < -0.39 is 17.3 Å². The maximum Gasteiger partial charge on any atom is 0.259 e. The van der Waals surface area contributed by atoms with Gasteiger partial charge in [0, 0.05) is 5.69 Å². The van der Waals surface area contributed by atoms with Crippen molar-refractivity contribution in [1.82, 2.24) is 0 Å². The zero-order chi connectivity index (χ0) is 19.9. The lowest BCUT2D eigenvalue weighted by molar-refractivity contribution is -0.120. The summed E-state index contributed by atoms with van der Waals surface area (Å²) in [6.45, 7) is 10.4. The first-order valence-corrected chi connectivity index (χ1v) is 8.57. The number of nitrogens with zero attached hydrogens (tertiary/aromatic N) is 4. The van der Waals surface area contributed by atoms with Crippen LogP contribution in [0.4, 0.5) is 21.5 Å². The van der Waals surface area contributed by atoms with Gasteiger partial charge in [0.1, 0.15) is 5.54 Å². The molecule has 0 radical (unpaired) electrons.